The lowest BCUT2D eigenvalue weighted by Crippen LogP contribution is -2.51. The fourth-order valence-corrected chi connectivity index (χ4v) is 1.64. The number of nitrogens with zero attached hydrogens (tertiary/aromatic N) is 1. The number of carboxylic acids is 1. The largest absolute Gasteiger partial charge is 0.479 e. The number of hydrogen-bond donors (Lipinski definition) is 2. The van der Waals surface area contributed by atoms with E-state index >= 15 is 0 Å². The normalized spacial score (nSPS) is 19.4. The zero-order chi connectivity index (χ0) is 14.0. The van der Waals surface area contributed by atoms with Crippen molar-refractivity contribution in [1.29, 1.82) is 0 Å². The minimum Gasteiger partial charge on any atom is -0.479 e. The summed E-state index contributed by atoms with van der Waals surface area (Å²) in [5.74, 6) is -1.23. The molecule has 6 nitrogen and oxygen atoms in total. The molecular weight excluding hydrogens is 238 g/mol. The number of aliphatic hydroxyl groups is 1. The van der Waals surface area contributed by atoms with Gasteiger partial charge in [0.2, 0.25) is 0 Å². The van der Waals surface area contributed by atoms with E-state index in [1.165, 1.54) is 4.90 Å². The lowest BCUT2D eigenvalue weighted by molar-refractivity contribution is -0.163. The van der Waals surface area contributed by atoms with Crippen LogP contribution in [0.1, 0.15) is 33.6 Å². The number of likely N-dealkylation sites (tertiary alicyclic amines) is 1. The van der Waals surface area contributed by atoms with Crippen molar-refractivity contribution in [3.8, 4) is 0 Å². The third-order valence-electron chi connectivity index (χ3n) is 2.88. The predicted octanol–water partition coefficient (Wildman–Crippen LogP) is 1.08. The van der Waals surface area contributed by atoms with Crippen molar-refractivity contribution in [2.45, 2.75) is 39.2 Å². The summed E-state index contributed by atoms with van der Waals surface area (Å²) < 4.78 is 5.13. The van der Waals surface area contributed by atoms with Gasteiger partial charge < -0.3 is 19.8 Å². The summed E-state index contributed by atoms with van der Waals surface area (Å²) in [6.45, 7) is 6.59. The lowest BCUT2D eigenvalue weighted by atomic mass is 9.92. The summed E-state index contributed by atoms with van der Waals surface area (Å²) in [5, 5.41) is 18.6. The van der Waals surface area contributed by atoms with E-state index in [2.05, 4.69) is 0 Å². The van der Waals surface area contributed by atoms with E-state index in [0.717, 1.165) is 0 Å². The SMILES string of the molecule is CC(C)(C)COC(=O)N1CCC(O)(C(=O)O)CC1. The summed E-state index contributed by atoms with van der Waals surface area (Å²) in [6, 6.07) is 0. The molecule has 0 unspecified atom stereocenters. The number of carbonyl (C=O) groups excluding carboxylic acids is 1. The van der Waals surface area contributed by atoms with Crippen LogP contribution in [0.5, 0.6) is 0 Å². The Morgan fingerprint density at radius 2 is 1.78 bits per heavy atom. The third-order valence-corrected chi connectivity index (χ3v) is 2.88. The maximum atomic E-state index is 11.7. The molecule has 2 N–H and O–H groups in total. The van der Waals surface area contributed by atoms with E-state index in [-0.39, 0.29) is 31.3 Å². The molecule has 0 aliphatic carbocycles. The monoisotopic (exact) mass is 259 g/mol. The van der Waals surface area contributed by atoms with E-state index in [1.54, 1.807) is 0 Å². The fourth-order valence-electron chi connectivity index (χ4n) is 1.64. The van der Waals surface area contributed by atoms with Crippen LogP contribution >= 0.6 is 0 Å². The van der Waals surface area contributed by atoms with Crippen molar-refractivity contribution in [2.75, 3.05) is 19.7 Å². The molecule has 0 spiro atoms. The number of rotatable bonds is 2. The first kappa shape index (κ1) is 14.8. The highest BCUT2D eigenvalue weighted by Crippen LogP contribution is 2.23. The smallest absolute Gasteiger partial charge is 0.409 e. The van der Waals surface area contributed by atoms with Crippen LogP contribution in [0, 0.1) is 5.41 Å². The van der Waals surface area contributed by atoms with Crippen molar-refractivity contribution in [1.82, 2.24) is 4.90 Å². The van der Waals surface area contributed by atoms with Gasteiger partial charge in [0.25, 0.3) is 0 Å². The quantitative estimate of drug-likeness (QED) is 0.775. The average molecular weight is 259 g/mol. The number of amides is 1. The number of aliphatic carboxylic acids is 1. The highest BCUT2D eigenvalue weighted by atomic mass is 16.6. The Hall–Kier alpha value is -1.30. The van der Waals surface area contributed by atoms with Crippen molar-refractivity contribution in [3.63, 3.8) is 0 Å². The van der Waals surface area contributed by atoms with Crippen LogP contribution in [0.2, 0.25) is 0 Å². The van der Waals surface area contributed by atoms with Gasteiger partial charge in [-0.15, -0.1) is 0 Å². The van der Waals surface area contributed by atoms with E-state index in [4.69, 9.17) is 9.84 Å². The van der Waals surface area contributed by atoms with Gasteiger partial charge in [0.1, 0.15) is 0 Å². The minimum absolute atomic E-state index is 0.0347. The van der Waals surface area contributed by atoms with Crippen LogP contribution < -0.4 is 0 Å². The minimum atomic E-state index is -1.71. The third kappa shape index (κ3) is 3.87. The van der Waals surface area contributed by atoms with E-state index in [9.17, 15) is 14.7 Å². The Balaban J connectivity index is 2.43. The second kappa shape index (κ2) is 5.14. The average Bonchev–Trinajstić information content (AvgIpc) is 2.26. The van der Waals surface area contributed by atoms with Crippen molar-refractivity contribution in [2.24, 2.45) is 5.41 Å². The van der Waals surface area contributed by atoms with Gasteiger partial charge in [0.15, 0.2) is 5.60 Å². The summed E-state index contributed by atoms with van der Waals surface area (Å²) in [5.41, 5.74) is -1.81. The van der Waals surface area contributed by atoms with E-state index < -0.39 is 17.7 Å². The molecule has 1 heterocycles. The van der Waals surface area contributed by atoms with Crippen LogP contribution in [-0.4, -0.2) is 52.5 Å². The van der Waals surface area contributed by atoms with Crippen LogP contribution in [0.4, 0.5) is 4.79 Å². The summed E-state index contributed by atoms with van der Waals surface area (Å²) in [6.07, 6.45) is -0.378. The van der Waals surface area contributed by atoms with Crippen molar-refractivity contribution < 1.29 is 24.5 Å². The molecule has 1 aliphatic heterocycles. The summed E-state index contributed by atoms with van der Waals surface area (Å²) in [4.78, 5) is 24.0. The first-order valence-electron chi connectivity index (χ1n) is 6.01. The molecule has 0 aromatic heterocycles. The Kier molecular flexibility index (Phi) is 4.21. The first-order valence-corrected chi connectivity index (χ1v) is 6.01. The highest BCUT2D eigenvalue weighted by Gasteiger charge is 2.40. The molecule has 0 aromatic rings. The number of carbonyl (C=O) groups is 2. The summed E-state index contributed by atoms with van der Waals surface area (Å²) >= 11 is 0. The summed E-state index contributed by atoms with van der Waals surface area (Å²) in [7, 11) is 0. The maximum absolute atomic E-state index is 11.7. The van der Waals surface area contributed by atoms with Crippen LogP contribution in [0.25, 0.3) is 0 Å². The first-order chi connectivity index (χ1) is 8.14. The molecule has 0 saturated carbocycles. The number of piperidine rings is 1. The molecule has 0 atom stereocenters. The van der Waals surface area contributed by atoms with Gasteiger partial charge in [0.05, 0.1) is 6.61 Å². The van der Waals surface area contributed by atoms with Gasteiger partial charge in [-0.2, -0.15) is 0 Å². The molecular formula is C12H21NO5. The van der Waals surface area contributed by atoms with E-state index in [1.807, 2.05) is 20.8 Å². The van der Waals surface area contributed by atoms with Gasteiger partial charge in [-0.05, 0) is 5.41 Å². The predicted molar refractivity (Wildman–Crippen MR) is 64.2 cm³/mol. The molecule has 1 amide bonds. The molecule has 0 radical (unpaired) electrons. The molecule has 0 bridgehead atoms. The number of hydrogen-bond acceptors (Lipinski definition) is 4. The molecule has 0 aromatic carbocycles. The molecule has 18 heavy (non-hydrogen) atoms. The second-order valence-corrected chi connectivity index (χ2v) is 5.94. The van der Waals surface area contributed by atoms with Gasteiger partial charge >= 0.3 is 12.1 Å². The Morgan fingerprint density at radius 1 is 1.28 bits per heavy atom. The Labute approximate surface area is 107 Å². The van der Waals surface area contributed by atoms with Crippen LogP contribution in [0.3, 0.4) is 0 Å². The molecule has 104 valence electrons. The standard InChI is InChI=1S/C12H21NO5/c1-11(2,3)8-18-10(16)13-6-4-12(17,5-7-13)9(14)15/h17H,4-8H2,1-3H3,(H,14,15). The lowest BCUT2D eigenvalue weighted by Gasteiger charge is -2.35. The van der Waals surface area contributed by atoms with Crippen LogP contribution in [-0.2, 0) is 9.53 Å². The molecule has 1 saturated heterocycles. The maximum Gasteiger partial charge on any atom is 0.409 e. The topological polar surface area (TPSA) is 87.1 Å². The second-order valence-electron chi connectivity index (χ2n) is 5.94. The fraction of sp³-hybridized carbons (Fsp3) is 0.833. The molecule has 6 heteroatoms. The van der Waals surface area contributed by atoms with Gasteiger partial charge in [-0.3, -0.25) is 0 Å². The Morgan fingerprint density at radius 3 is 2.17 bits per heavy atom. The van der Waals surface area contributed by atoms with Gasteiger partial charge in [-0.1, -0.05) is 20.8 Å². The number of carboxylic acid groups (broad SMARTS) is 1. The van der Waals surface area contributed by atoms with E-state index in [0.29, 0.717) is 6.61 Å². The van der Waals surface area contributed by atoms with Crippen molar-refractivity contribution in [3.05, 3.63) is 0 Å². The molecule has 1 rings (SSSR count). The zero-order valence-corrected chi connectivity index (χ0v) is 11.1. The van der Waals surface area contributed by atoms with Crippen LogP contribution in [0.15, 0.2) is 0 Å². The Bertz CT molecular complexity index is 326. The zero-order valence-electron chi connectivity index (χ0n) is 11.1. The molecule has 1 aliphatic rings. The number of ether oxygens (including phenoxy) is 1. The van der Waals surface area contributed by atoms with Gasteiger partial charge in [-0.25, -0.2) is 9.59 Å². The molecule has 1 fully saturated rings. The van der Waals surface area contributed by atoms with Crippen molar-refractivity contribution >= 4 is 12.1 Å². The van der Waals surface area contributed by atoms with Gasteiger partial charge in [0, 0.05) is 25.9 Å². The highest BCUT2D eigenvalue weighted by molar-refractivity contribution is 5.78.